The van der Waals surface area contributed by atoms with Gasteiger partial charge in [0, 0.05) is 24.8 Å². The summed E-state index contributed by atoms with van der Waals surface area (Å²) < 4.78 is 5.02. The molecular formula is C21H19N5O5. The van der Waals surface area contributed by atoms with Gasteiger partial charge in [0.1, 0.15) is 5.82 Å². The van der Waals surface area contributed by atoms with Gasteiger partial charge in [0.15, 0.2) is 0 Å². The molecule has 0 saturated carbocycles. The molecule has 1 aliphatic heterocycles. The normalized spacial score (nSPS) is 12.5. The lowest BCUT2D eigenvalue weighted by molar-refractivity contribution is -0.139. The van der Waals surface area contributed by atoms with Crippen LogP contribution in [0.3, 0.4) is 0 Å². The highest BCUT2D eigenvalue weighted by Gasteiger charge is 2.30. The Morgan fingerprint density at radius 3 is 2.71 bits per heavy atom. The van der Waals surface area contributed by atoms with Gasteiger partial charge < -0.3 is 19.8 Å². The highest BCUT2D eigenvalue weighted by Crippen LogP contribution is 2.32. The SMILES string of the molecule is COc1ncc(-c2ccc3c(n2)CN(c2cnc(NC(C)=O)c(C)c2)C3=O)cc1OO. The number of nitrogens with one attached hydrogen (secondary N) is 1. The minimum absolute atomic E-state index is 0.0563. The molecule has 2 amide bonds. The largest absolute Gasteiger partial charge is 0.478 e. The number of fused-ring (bicyclic) bond motifs is 1. The number of anilines is 2. The third-order valence-corrected chi connectivity index (χ3v) is 4.83. The fraction of sp³-hybridized carbons (Fsp3) is 0.190. The summed E-state index contributed by atoms with van der Waals surface area (Å²) >= 11 is 0. The van der Waals surface area contributed by atoms with Crippen LogP contribution >= 0.6 is 0 Å². The number of amides is 2. The van der Waals surface area contributed by atoms with E-state index in [1.54, 1.807) is 41.6 Å². The molecule has 3 aromatic heterocycles. The molecule has 3 aromatic rings. The second kappa shape index (κ2) is 8.00. The topological polar surface area (TPSA) is 127 Å². The van der Waals surface area contributed by atoms with Crippen molar-refractivity contribution in [2.75, 3.05) is 17.3 Å². The van der Waals surface area contributed by atoms with Gasteiger partial charge in [0.05, 0.1) is 42.5 Å². The monoisotopic (exact) mass is 421 g/mol. The first kappa shape index (κ1) is 20.2. The molecule has 0 fully saturated rings. The van der Waals surface area contributed by atoms with Crippen LogP contribution in [0, 0.1) is 6.92 Å². The van der Waals surface area contributed by atoms with Gasteiger partial charge in [-0.3, -0.25) is 14.6 Å². The van der Waals surface area contributed by atoms with Gasteiger partial charge in [0.2, 0.25) is 11.7 Å². The van der Waals surface area contributed by atoms with Crippen molar-refractivity contribution in [2.45, 2.75) is 20.4 Å². The zero-order valence-electron chi connectivity index (χ0n) is 17.0. The first-order valence-corrected chi connectivity index (χ1v) is 9.33. The number of rotatable bonds is 5. The smallest absolute Gasteiger partial charge is 0.261 e. The third kappa shape index (κ3) is 3.76. The maximum atomic E-state index is 12.9. The van der Waals surface area contributed by atoms with Crippen molar-refractivity contribution in [1.82, 2.24) is 15.0 Å². The fourth-order valence-electron chi connectivity index (χ4n) is 3.35. The summed E-state index contributed by atoms with van der Waals surface area (Å²) in [7, 11) is 1.41. The quantitative estimate of drug-likeness (QED) is 0.476. The van der Waals surface area contributed by atoms with Crippen molar-refractivity contribution in [3.63, 3.8) is 0 Å². The van der Waals surface area contributed by atoms with E-state index in [2.05, 4.69) is 25.2 Å². The molecule has 10 heteroatoms. The molecule has 1 aliphatic rings. The number of methoxy groups -OCH3 is 1. The number of nitrogens with zero attached hydrogens (tertiary/aromatic N) is 4. The van der Waals surface area contributed by atoms with Gasteiger partial charge in [-0.25, -0.2) is 15.2 Å². The zero-order valence-corrected chi connectivity index (χ0v) is 17.0. The van der Waals surface area contributed by atoms with Crippen molar-refractivity contribution < 1.29 is 24.5 Å². The second-order valence-corrected chi connectivity index (χ2v) is 6.94. The molecule has 0 aliphatic carbocycles. The average Bonchev–Trinajstić information content (AvgIpc) is 3.10. The highest BCUT2D eigenvalue weighted by molar-refractivity contribution is 6.09. The van der Waals surface area contributed by atoms with Gasteiger partial charge >= 0.3 is 0 Å². The Kier molecular flexibility index (Phi) is 5.22. The molecule has 0 atom stereocenters. The van der Waals surface area contributed by atoms with Crippen LogP contribution in [0.1, 0.15) is 28.5 Å². The maximum Gasteiger partial charge on any atom is 0.261 e. The Morgan fingerprint density at radius 1 is 1.23 bits per heavy atom. The maximum absolute atomic E-state index is 12.9. The lowest BCUT2D eigenvalue weighted by atomic mass is 10.1. The van der Waals surface area contributed by atoms with Crippen LogP contribution in [0.4, 0.5) is 11.5 Å². The predicted octanol–water partition coefficient (Wildman–Crippen LogP) is 2.83. The standard InChI is InChI=1S/C21H19N5O5/c1-11-6-14(9-22-19(11)24-12(2)27)26-10-17-15(21(26)28)4-5-16(25-17)13-7-18(31-29)20(30-3)23-8-13/h4-9,29H,10H2,1-3H3,(H,22,24,27). The lowest BCUT2D eigenvalue weighted by Crippen LogP contribution is -2.23. The molecule has 0 unspecified atom stereocenters. The van der Waals surface area contributed by atoms with E-state index < -0.39 is 0 Å². The van der Waals surface area contributed by atoms with Crippen molar-refractivity contribution in [3.05, 3.63) is 53.5 Å². The Morgan fingerprint density at radius 2 is 2.03 bits per heavy atom. The Labute approximate surface area is 177 Å². The predicted molar refractivity (Wildman–Crippen MR) is 111 cm³/mol. The van der Waals surface area contributed by atoms with Crippen LogP contribution in [-0.4, -0.2) is 39.1 Å². The van der Waals surface area contributed by atoms with Crippen LogP contribution in [0.15, 0.2) is 36.7 Å². The number of aromatic nitrogens is 3. The number of carbonyl (C=O) groups is 2. The molecule has 0 spiro atoms. The van der Waals surface area contributed by atoms with Crippen molar-refractivity contribution >= 4 is 23.3 Å². The summed E-state index contributed by atoms with van der Waals surface area (Å²) in [5, 5.41) is 11.7. The number of pyridine rings is 3. The summed E-state index contributed by atoms with van der Waals surface area (Å²) in [5.41, 5.74) is 3.61. The third-order valence-electron chi connectivity index (χ3n) is 4.83. The van der Waals surface area contributed by atoms with Crippen molar-refractivity contribution in [2.24, 2.45) is 0 Å². The van der Waals surface area contributed by atoms with Crippen molar-refractivity contribution in [3.8, 4) is 22.9 Å². The number of carbonyl (C=O) groups excluding carboxylic acids is 2. The van der Waals surface area contributed by atoms with Crippen LogP contribution in [0.25, 0.3) is 11.3 Å². The highest BCUT2D eigenvalue weighted by atomic mass is 17.1. The minimum atomic E-state index is -0.215. The Balaban J connectivity index is 1.63. The summed E-state index contributed by atoms with van der Waals surface area (Å²) in [6.07, 6.45) is 3.08. The van der Waals surface area contributed by atoms with Gasteiger partial charge in [-0.2, -0.15) is 0 Å². The van der Waals surface area contributed by atoms with E-state index in [-0.39, 0.29) is 30.0 Å². The Hall–Kier alpha value is -4.05. The fourth-order valence-corrected chi connectivity index (χ4v) is 3.35. The van der Waals surface area contributed by atoms with Crippen LogP contribution in [0.5, 0.6) is 11.6 Å². The summed E-state index contributed by atoms with van der Waals surface area (Å²) in [4.78, 5) is 43.0. The van der Waals surface area contributed by atoms with Gasteiger partial charge in [0.25, 0.3) is 11.8 Å². The van der Waals surface area contributed by atoms with Crippen molar-refractivity contribution in [1.29, 1.82) is 0 Å². The van der Waals surface area contributed by atoms with Crippen LogP contribution in [0.2, 0.25) is 0 Å². The first-order chi connectivity index (χ1) is 14.9. The van der Waals surface area contributed by atoms with E-state index in [1.165, 1.54) is 14.0 Å². The molecular weight excluding hydrogens is 402 g/mol. The molecule has 4 heterocycles. The molecule has 10 nitrogen and oxygen atoms in total. The molecule has 158 valence electrons. The number of aryl methyl sites for hydroxylation is 1. The van der Waals surface area contributed by atoms with E-state index in [4.69, 9.17) is 9.99 Å². The van der Waals surface area contributed by atoms with Gasteiger partial charge in [-0.05, 0) is 30.7 Å². The molecule has 0 radical (unpaired) electrons. The van der Waals surface area contributed by atoms with E-state index in [9.17, 15) is 9.59 Å². The lowest BCUT2D eigenvalue weighted by Gasteiger charge is -2.16. The molecule has 2 N–H and O–H groups in total. The van der Waals surface area contributed by atoms with Crippen LogP contribution < -0.4 is 19.8 Å². The summed E-state index contributed by atoms with van der Waals surface area (Å²) in [6.45, 7) is 3.49. The molecule has 31 heavy (non-hydrogen) atoms. The number of ether oxygens (including phenoxy) is 1. The first-order valence-electron chi connectivity index (χ1n) is 9.33. The molecule has 0 aromatic carbocycles. The second-order valence-electron chi connectivity index (χ2n) is 6.94. The van der Waals surface area contributed by atoms with Gasteiger partial charge in [-0.15, -0.1) is 0 Å². The zero-order chi connectivity index (χ0) is 22.1. The number of hydrogen-bond acceptors (Lipinski definition) is 8. The molecule has 0 saturated heterocycles. The van der Waals surface area contributed by atoms with E-state index >= 15 is 0 Å². The summed E-state index contributed by atoms with van der Waals surface area (Å²) in [5.74, 6) is 0.247. The van der Waals surface area contributed by atoms with Crippen LogP contribution in [-0.2, 0) is 11.3 Å². The average molecular weight is 421 g/mol. The van der Waals surface area contributed by atoms with E-state index in [0.717, 1.165) is 5.56 Å². The van der Waals surface area contributed by atoms with E-state index in [0.29, 0.717) is 34.0 Å². The molecule has 0 bridgehead atoms. The minimum Gasteiger partial charge on any atom is -0.478 e. The number of hydrogen-bond donors (Lipinski definition) is 2. The van der Waals surface area contributed by atoms with E-state index in [1.807, 2.05) is 6.92 Å². The Bertz CT molecular complexity index is 1200. The summed E-state index contributed by atoms with van der Waals surface area (Å²) in [6, 6.07) is 6.74. The van der Waals surface area contributed by atoms with Gasteiger partial charge in [-0.1, -0.05) is 0 Å². The molecule has 4 rings (SSSR count).